The van der Waals surface area contributed by atoms with Crippen LogP contribution in [0.25, 0.3) is 0 Å². The molecule has 0 saturated carbocycles. The summed E-state index contributed by atoms with van der Waals surface area (Å²) in [6.45, 7) is 36.7. The van der Waals surface area contributed by atoms with Crippen molar-refractivity contribution in [1.82, 2.24) is 45.8 Å². The molecular weight excluding hydrogens is 1650 g/mol. The van der Waals surface area contributed by atoms with E-state index in [4.69, 9.17) is 123 Å². The molecule has 12 atom stereocenters. The van der Waals surface area contributed by atoms with Gasteiger partial charge in [0, 0.05) is 90.5 Å². The Morgan fingerprint density at radius 1 is 0.440 bits per heavy atom. The lowest BCUT2D eigenvalue weighted by atomic mass is 9.79. The van der Waals surface area contributed by atoms with Crippen LogP contribution in [0.5, 0.6) is 0 Å². The van der Waals surface area contributed by atoms with Crippen LogP contribution >= 0.6 is 0 Å². The number of benzene rings is 4. The van der Waals surface area contributed by atoms with Gasteiger partial charge in [-0.15, -0.1) is 0 Å². The number of nitrogens with one attached hydrogen (secondary N) is 3. The molecule has 4 aromatic carbocycles. The van der Waals surface area contributed by atoms with Crippen LogP contribution in [0, 0.1) is 27.1 Å². The molecule has 620 valence electrons. The van der Waals surface area contributed by atoms with E-state index in [-0.39, 0.29) is 85.6 Å². The van der Waals surface area contributed by atoms with E-state index in [2.05, 4.69) is 166 Å². The van der Waals surface area contributed by atoms with Gasteiger partial charge in [-0.25, -0.2) is 10.0 Å². The lowest BCUT2D eigenvalue weighted by Crippen LogP contribution is -2.54. The molecule has 7 aliphatic heterocycles. The number of amides is 1. The molecule has 7 fully saturated rings. The Bertz CT molecular complexity index is 3860. The molecule has 11 rings (SSSR count). The highest BCUT2D eigenvalue weighted by Gasteiger charge is 2.54. The normalized spacial score (nSPS) is 31.7. The van der Waals surface area contributed by atoms with E-state index in [1.807, 2.05) is 63.2 Å². The van der Waals surface area contributed by atoms with E-state index >= 15 is 0 Å². The van der Waals surface area contributed by atoms with E-state index in [9.17, 15) is 24.3 Å². The number of carboxylic acids is 1. The van der Waals surface area contributed by atoms with Crippen LogP contribution in [0.15, 0.2) is 121 Å². The van der Waals surface area contributed by atoms with Crippen LogP contribution in [-0.4, -0.2) is 193 Å². The summed E-state index contributed by atoms with van der Waals surface area (Å²) in [7, 11) is -2.93. The summed E-state index contributed by atoms with van der Waals surface area (Å²) in [4.78, 5) is 55.3. The summed E-state index contributed by atoms with van der Waals surface area (Å²) in [5, 5.41) is 17.2. The van der Waals surface area contributed by atoms with Crippen LogP contribution in [0.2, 0.25) is 0 Å². The number of carbonyl (C=O) groups excluding carboxylic acids is 3. The van der Waals surface area contributed by atoms with E-state index in [1.54, 1.807) is 6.92 Å². The standard InChI is InChI=1S/C19H28N3OS3.C14H19N2OS3.C14H21N2S3.C14H18NO2S3.C12H22N3OS3.5CH4/c1-18(13-20-22-10-6-9-17(22)12-23)14-21(15-19(18,2)26(24)25)11-16-7-4-3-5-8-16;1-13(12(15)17)9-16(10-14(13,2)20(18)19)8-11-6-4-3-5-7-11;1-13(9-15)10-16(11-14(13,2)19(17)18)8-12-6-4-3-5-7-12;1-13(12(16)17)9-15(10-14(13,2)20(18)19)8-11-6-4-3-5-7-11;1-11(7-13-9-12(11,2)19(17)18)8-14-15-5-3-4-10(15)6-16;;;;;/h3-5,7-8,12,17,20H,6,9-11,13-15H2,1-2H3;3-7H,8-10H2,1-2H3,(H2,15,17);3-7H,8-11,15H2,1-2H3;3-7H,8-10H2,1-2H3,(H,16,17);6,10,13-14H,3-5,7-9H2,1-2H3;5*1H4/q5*-1;;;;;/t17-,18?,19?;;;;10-,11?,12?;;;;;/m0...0...../s1. The number of hydrazine groups is 2. The van der Waals surface area contributed by atoms with Crippen molar-refractivity contribution in [1.29, 1.82) is 0 Å². The van der Waals surface area contributed by atoms with Crippen molar-refractivity contribution in [2.24, 2.45) is 38.5 Å². The lowest BCUT2D eigenvalue weighted by Gasteiger charge is -2.46. The van der Waals surface area contributed by atoms with Crippen LogP contribution < -0.4 is 27.6 Å². The molecule has 7 aliphatic rings. The molecule has 31 heteroatoms. The molecule has 0 aromatic heterocycles. The maximum Gasteiger partial charge on any atom is 0.309 e. The number of carboxylic acid groups (broad SMARTS) is 1. The first-order chi connectivity index (χ1) is 48.8. The van der Waals surface area contributed by atoms with Gasteiger partial charge in [0.1, 0.15) is 12.6 Å². The first-order valence-electron chi connectivity index (χ1n) is 35.2. The summed E-state index contributed by atoms with van der Waals surface area (Å²) in [6, 6.07) is 41.4. The number of nitrogens with two attached hydrogens (primary N) is 2. The third-order valence-corrected chi connectivity index (χ3v) is 41.8. The number of aldehydes is 2. The molecular formula is C78H128N11O5S15-5. The third-order valence-electron chi connectivity index (χ3n) is 24.0. The van der Waals surface area contributed by atoms with Gasteiger partial charge in [-0.2, -0.15) is 0 Å². The minimum atomic E-state index is -0.881. The zero-order valence-corrected chi connectivity index (χ0v) is 73.9. The number of hydrogen-bond donors (Lipinski definition) is 6. The highest BCUT2D eigenvalue weighted by molar-refractivity contribution is 8.48. The quantitative estimate of drug-likeness (QED) is 0.0286. The van der Waals surface area contributed by atoms with Gasteiger partial charge >= 0.3 is 5.97 Å². The first-order valence-corrected chi connectivity index (χ1v) is 50.6. The zero-order valence-electron chi connectivity index (χ0n) is 61.7. The van der Waals surface area contributed by atoms with Gasteiger partial charge in [0.05, 0.1) is 17.5 Å². The van der Waals surface area contributed by atoms with Gasteiger partial charge in [0.2, 0.25) is 5.91 Å². The fraction of sp³-hybridized carbons (Fsp3) is 0.641. The zero-order chi connectivity index (χ0) is 76.9. The molecule has 0 spiro atoms. The van der Waals surface area contributed by atoms with Crippen molar-refractivity contribution in [3.05, 3.63) is 144 Å². The highest BCUT2D eigenvalue weighted by atomic mass is 33.1. The average molecular weight is 1780 g/mol. The van der Waals surface area contributed by atoms with E-state index in [1.165, 1.54) is 22.3 Å². The maximum absolute atomic E-state index is 11.9. The van der Waals surface area contributed by atoms with E-state index < -0.39 is 66.4 Å². The average Bonchev–Trinajstić information content (AvgIpc) is 1.62. The monoisotopic (exact) mass is 1780 g/mol. The number of rotatable bonds is 24. The number of likely N-dealkylation sites (tertiary alicyclic amines) is 4. The highest BCUT2D eigenvalue weighted by Crippen LogP contribution is 2.46. The molecule has 1 amide bonds. The Labute approximate surface area is 713 Å². The van der Waals surface area contributed by atoms with Gasteiger partial charge in [0.25, 0.3) is 0 Å². The SMILES string of the molecule is C.C.C.C.C.CC1(C(=O)O)CN(Cc2ccccc2)CC1(C)[S-](=S)=S.CC1(C(N)=O)CN(Cc2ccccc2)CC1(C)[S-](=S)=S.CC1(CN)CN(Cc2ccccc2)CC1(C)[S-](=S)=S.CC1(CNN2CCC[C@H]2C=O)CN(Cc2ccccc2)CC1(C)[S-](=S)=S.CC1(CNN2CCC[C@H]2C=O)CNCC1(C)[S-](=S)=S. The molecule has 0 aliphatic carbocycles. The van der Waals surface area contributed by atoms with Crippen LogP contribution in [0.3, 0.4) is 0 Å². The second kappa shape index (κ2) is 44.5. The molecule has 7 heterocycles. The number of aliphatic carboxylic acids is 1. The number of hydrogen-bond acceptors (Lipinski definition) is 29. The van der Waals surface area contributed by atoms with Gasteiger partial charge in [0.15, 0.2) is 0 Å². The molecule has 10 unspecified atom stereocenters. The molecule has 16 nitrogen and oxygen atoms in total. The van der Waals surface area contributed by atoms with Gasteiger partial charge in [-0.05, 0) is 110 Å². The van der Waals surface area contributed by atoms with Crippen LogP contribution in [0.4, 0.5) is 0 Å². The molecule has 109 heavy (non-hydrogen) atoms. The lowest BCUT2D eigenvalue weighted by molar-refractivity contribution is -0.148. The topological polar surface area (TPSA) is 196 Å². The fourth-order valence-electron chi connectivity index (χ4n) is 15.5. The summed E-state index contributed by atoms with van der Waals surface area (Å²) >= 11 is 54.2. The summed E-state index contributed by atoms with van der Waals surface area (Å²) < 4.78 is -1.14. The Morgan fingerprint density at radius 3 is 1.02 bits per heavy atom. The van der Waals surface area contributed by atoms with Crippen molar-refractivity contribution in [3.63, 3.8) is 0 Å². The largest absolute Gasteiger partial charge is 0.481 e. The maximum atomic E-state index is 11.9. The van der Waals surface area contributed by atoms with Crippen molar-refractivity contribution >= 4 is 176 Å². The fourth-order valence-corrected chi connectivity index (χ4v) is 27.0. The van der Waals surface area contributed by atoms with Crippen molar-refractivity contribution in [2.45, 2.75) is 194 Å². The minimum absolute atomic E-state index is 0. The predicted octanol–water partition coefficient (Wildman–Crippen LogP) is 10.2. The predicted molar refractivity (Wildman–Crippen MR) is 500 cm³/mol. The first kappa shape index (κ1) is 104. The van der Waals surface area contributed by atoms with Crippen molar-refractivity contribution in [2.75, 3.05) is 98.2 Å². The van der Waals surface area contributed by atoms with Gasteiger partial charge in [-0.1, -0.05) is 245 Å². The van der Waals surface area contributed by atoms with E-state index in [0.29, 0.717) is 26.2 Å². The third kappa shape index (κ3) is 24.0. The molecule has 8 N–H and O–H groups in total. The Balaban J connectivity index is 0.000000460. The molecule has 0 bridgehead atoms. The Kier molecular flexibility index (Phi) is 42.4. The number of carbonyl (C=O) groups is 4. The van der Waals surface area contributed by atoms with Crippen molar-refractivity contribution < 1.29 is 24.3 Å². The summed E-state index contributed by atoms with van der Waals surface area (Å²) in [5.74, 6) is -1.11. The van der Waals surface area contributed by atoms with Crippen molar-refractivity contribution in [3.8, 4) is 0 Å². The second-order valence-corrected chi connectivity index (χ2v) is 51.4. The van der Waals surface area contributed by atoms with Crippen LogP contribution in [0.1, 0.15) is 154 Å². The number of nitrogens with zero attached hydrogens (tertiary/aromatic N) is 6. The Hall–Kier alpha value is -1.29. The number of primary amides is 1. The smallest absolute Gasteiger partial charge is 0.309 e. The van der Waals surface area contributed by atoms with E-state index in [0.717, 1.165) is 136 Å². The molecule has 7 saturated heterocycles. The summed E-state index contributed by atoms with van der Waals surface area (Å²) in [5.41, 5.74) is 22.2. The second-order valence-electron chi connectivity index (χ2n) is 31.4. The molecule has 4 aromatic rings. The Morgan fingerprint density at radius 2 is 0.734 bits per heavy atom. The van der Waals surface area contributed by atoms with Gasteiger partial charge in [-0.3, -0.25) is 152 Å². The van der Waals surface area contributed by atoms with Gasteiger partial charge < -0.3 is 71.5 Å². The minimum Gasteiger partial charge on any atom is -0.481 e. The molecule has 0 radical (unpaired) electrons. The summed E-state index contributed by atoms with van der Waals surface area (Å²) in [6.07, 6.45) is 6.14. The van der Waals surface area contributed by atoms with Crippen LogP contribution in [-0.2, 0) is 197 Å².